The van der Waals surface area contributed by atoms with Crippen molar-refractivity contribution in [2.45, 2.75) is 0 Å². The normalized spacial score (nSPS) is 10.2. The van der Waals surface area contributed by atoms with Crippen LogP contribution >= 0.6 is 0 Å². The number of rotatable bonds is 2. The molecule has 0 aliphatic rings. The van der Waals surface area contributed by atoms with Crippen LogP contribution in [0.4, 0.5) is 5.69 Å². The van der Waals surface area contributed by atoms with Gasteiger partial charge in [-0.1, -0.05) is 30.3 Å². The zero-order chi connectivity index (χ0) is 13.9. The van der Waals surface area contributed by atoms with Crippen LogP contribution in [0.3, 0.4) is 0 Å². The third-order valence-corrected chi connectivity index (χ3v) is 3.07. The highest BCUT2D eigenvalue weighted by atomic mass is 16.5. The molecule has 0 saturated carbocycles. The van der Waals surface area contributed by atoms with E-state index in [2.05, 4.69) is 6.07 Å². The van der Waals surface area contributed by atoms with Gasteiger partial charge in [-0.2, -0.15) is 5.26 Å². The zero-order valence-electron chi connectivity index (χ0n) is 10.7. The van der Waals surface area contributed by atoms with E-state index in [0.717, 1.165) is 10.8 Å². The Balaban J connectivity index is 1.99. The maximum atomic E-state index is 9.11. The van der Waals surface area contributed by atoms with Crippen molar-refractivity contribution in [3.8, 4) is 17.6 Å². The van der Waals surface area contributed by atoms with Crippen molar-refractivity contribution in [2.75, 3.05) is 5.73 Å². The first-order valence-electron chi connectivity index (χ1n) is 6.22. The summed E-state index contributed by atoms with van der Waals surface area (Å²) in [4.78, 5) is 0. The van der Waals surface area contributed by atoms with Crippen LogP contribution in [0, 0.1) is 11.3 Å². The second-order valence-electron chi connectivity index (χ2n) is 4.48. The largest absolute Gasteiger partial charge is 0.456 e. The number of hydrogen-bond acceptors (Lipinski definition) is 3. The molecular formula is C17H12N2O. The summed E-state index contributed by atoms with van der Waals surface area (Å²) in [6.07, 6.45) is 0. The summed E-state index contributed by atoms with van der Waals surface area (Å²) in [6.45, 7) is 0. The summed E-state index contributed by atoms with van der Waals surface area (Å²) in [5, 5.41) is 11.4. The Morgan fingerprint density at radius 3 is 2.50 bits per heavy atom. The molecule has 0 atom stereocenters. The summed E-state index contributed by atoms with van der Waals surface area (Å²) < 4.78 is 5.79. The van der Waals surface area contributed by atoms with Crippen molar-refractivity contribution < 1.29 is 4.74 Å². The molecule has 3 nitrogen and oxygen atoms in total. The number of nitrogen functional groups attached to an aromatic ring is 1. The average molecular weight is 260 g/mol. The summed E-state index contributed by atoms with van der Waals surface area (Å²) in [5.74, 6) is 1.21. The second-order valence-corrected chi connectivity index (χ2v) is 4.48. The minimum Gasteiger partial charge on any atom is -0.456 e. The monoisotopic (exact) mass is 260 g/mol. The van der Waals surface area contributed by atoms with Crippen LogP contribution in [0.5, 0.6) is 11.5 Å². The minimum absolute atomic E-state index is 0.429. The topological polar surface area (TPSA) is 59.0 Å². The summed E-state index contributed by atoms with van der Waals surface area (Å²) in [7, 11) is 0. The van der Waals surface area contributed by atoms with E-state index in [1.165, 1.54) is 0 Å². The fourth-order valence-electron chi connectivity index (χ4n) is 2.08. The lowest BCUT2D eigenvalue weighted by Crippen LogP contribution is -1.91. The van der Waals surface area contributed by atoms with E-state index in [1.807, 2.05) is 42.5 Å². The Labute approximate surface area is 116 Å². The van der Waals surface area contributed by atoms with Gasteiger partial charge in [-0.25, -0.2) is 0 Å². The predicted octanol–water partition coefficient (Wildman–Crippen LogP) is 4.09. The smallest absolute Gasteiger partial charge is 0.145 e. The third-order valence-electron chi connectivity index (χ3n) is 3.07. The molecule has 3 aromatic carbocycles. The van der Waals surface area contributed by atoms with Gasteiger partial charge in [0.2, 0.25) is 0 Å². The molecule has 3 aromatic rings. The number of nitrogens with zero attached hydrogens (tertiary/aromatic N) is 1. The Morgan fingerprint density at radius 2 is 1.70 bits per heavy atom. The van der Waals surface area contributed by atoms with Crippen molar-refractivity contribution in [3.63, 3.8) is 0 Å². The first-order valence-corrected chi connectivity index (χ1v) is 6.22. The Bertz CT molecular complexity index is 819. The molecule has 0 bridgehead atoms. The predicted molar refractivity (Wildman–Crippen MR) is 79.6 cm³/mol. The highest BCUT2D eigenvalue weighted by Crippen LogP contribution is 2.28. The molecule has 96 valence electrons. The number of nitrogens with two attached hydrogens (primary N) is 1. The van der Waals surface area contributed by atoms with Gasteiger partial charge in [-0.3, -0.25) is 0 Å². The lowest BCUT2D eigenvalue weighted by molar-refractivity contribution is 0.482. The van der Waals surface area contributed by atoms with Crippen LogP contribution in [-0.2, 0) is 0 Å². The molecule has 0 heterocycles. The van der Waals surface area contributed by atoms with E-state index in [4.69, 9.17) is 15.7 Å². The van der Waals surface area contributed by atoms with Gasteiger partial charge in [0.1, 0.15) is 17.6 Å². The fraction of sp³-hybridized carbons (Fsp3) is 0. The van der Waals surface area contributed by atoms with E-state index in [1.54, 1.807) is 18.2 Å². The van der Waals surface area contributed by atoms with Gasteiger partial charge < -0.3 is 10.5 Å². The molecule has 0 spiro atoms. The Hall–Kier alpha value is -2.99. The molecule has 0 radical (unpaired) electrons. The van der Waals surface area contributed by atoms with Crippen LogP contribution in [0.15, 0.2) is 60.7 Å². The molecule has 0 aliphatic carbocycles. The average Bonchev–Trinajstić information content (AvgIpc) is 2.49. The highest BCUT2D eigenvalue weighted by molar-refractivity contribution is 5.83. The van der Waals surface area contributed by atoms with Gasteiger partial charge >= 0.3 is 0 Å². The van der Waals surface area contributed by atoms with E-state index in [9.17, 15) is 0 Å². The maximum absolute atomic E-state index is 9.11. The number of ether oxygens (including phenoxy) is 1. The number of benzene rings is 3. The first kappa shape index (κ1) is 12.1. The number of hydrogen-bond donors (Lipinski definition) is 1. The molecule has 2 N–H and O–H groups in total. The maximum Gasteiger partial charge on any atom is 0.145 e. The standard InChI is InChI=1S/C17H12N2O/c18-11-14-9-15(19)6-8-17(14)20-16-7-5-12-3-1-2-4-13(12)10-16/h1-10H,19H2. The molecule has 0 saturated heterocycles. The molecule has 3 heteroatoms. The molecule has 0 amide bonds. The van der Waals surface area contributed by atoms with Crippen LogP contribution in [0.2, 0.25) is 0 Å². The molecule has 0 unspecified atom stereocenters. The molecule has 0 aromatic heterocycles. The Morgan fingerprint density at radius 1 is 0.900 bits per heavy atom. The fourth-order valence-corrected chi connectivity index (χ4v) is 2.08. The van der Waals surface area contributed by atoms with Gasteiger partial charge in [0, 0.05) is 5.69 Å². The molecule has 20 heavy (non-hydrogen) atoms. The second kappa shape index (κ2) is 4.94. The van der Waals surface area contributed by atoms with Gasteiger partial charge in [-0.05, 0) is 41.1 Å². The van der Waals surface area contributed by atoms with E-state index in [-0.39, 0.29) is 0 Å². The molecule has 0 aliphatic heterocycles. The summed E-state index contributed by atoms with van der Waals surface area (Å²) >= 11 is 0. The van der Waals surface area contributed by atoms with Crippen LogP contribution in [0.1, 0.15) is 5.56 Å². The first-order chi connectivity index (χ1) is 9.76. The SMILES string of the molecule is N#Cc1cc(N)ccc1Oc1ccc2ccccc2c1. The van der Waals surface area contributed by atoms with Crippen LogP contribution in [0.25, 0.3) is 10.8 Å². The number of fused-ring (bicyclic) bond motifs is 1. The molecule has 3 rings (SSSR count). The van der Waals surface area contributed by atoms with Crippen molar-refractivity contribution in [3.05, 3.63) is 66.2 Å². The molecular weight excluding hydrogens is 248 g/mol. The van der Waals surface area contributed by atoms with E-state index in [0.29, 0.717) is 22.7 Å². The van der Waals surface area contributed by atoms with Gasteiger partial charge in [0.05, 0.1) is 5.56 Å². The lowest BCUT2D eigenvalue weighted by Gasteiger charge is -2.09. The zero-order valence-corrected chi connectivity index (χ0v) is 10.7. The minimum atomic E-state index is 0.429. The van der Waals surface area contributed by atoms with Crippen LogP contribution in [-0.4, -0.2) is 0 Å². The van der Waals surface area contributed by atoms with Crippen molar-refractivity contribution in [1.82, 2.24) is 0 Å². The quantitative estimate of drug-likeness (QED) is 0.706. The van der Waals surface area contributed by atoms with Gasteiger partial charge in [0.25, 0.3) is 0 Å². The number of anilines is 1. The number of nitriles is 1. The van der Waals surface area contributed by atoms with Crippen molar-refractivity contribution >= 4 is 16.5 Å². The molecule has 0 fully saturated rings. The van der Waals surface area contributed by atoms with E-state index < -0.39 is 0 Å². The van der Waals surface area contributed by atoms with Gasteiger partial charge in [-0.15, -0.1) is 0 Å². The highest BCUT2D eigenvalue weighted by Gasteiger charge is 2.05. The lowest BCUT2D eigenvalue weighted by atomic mass is 10.1. The van der Waals surface area contributed by atoms with Gasteiger partial charge in [0.15, 0.2) is 0 Å². The third kappa shape index (κ3) is 2.27. The van der Waals surface area contributed by atoms with E-state index >= 15 is 0 Å². The van der Waals surface area contributed by atoms with Crippen molar-refractivity contribution in [2.24, 2.45) is 0 Å². The van der Waals surface area contributed by atoms with Crippen LogP contribution < -0.4 is 10.5 Å². The summed E-state index contributed by atoms with van der Waals surface area (Å²) in [6, 6.07) is 21.0. The Kier molecular flexibility index (Phi) is 2.98. The summed E-state index contributed by atoms with van der Waals surface area (Å²) in [5.41, 5.74) is 6.64. The van der Waals surface area contributed by atoms with Crippen molar-refractivity contribution in [1.29, 1.82) is 5.26 Å².